The van der Waals surface area contributed by atoms with Crippen LogP contribution in [0.2, 0.25) is 5.02 Å². The average molecular weight is 428 g/mol. The average Bonchev–Trinajstić information content (AvgIpc) is 3.45. The number of nitrogens with zero attached hydrogens (tertiary/aromatic N) is 2. The number of aromatic nitrogens is 3. The summed E-state index contributed by atoms with van der Waals surface area (Å²) in [5.74, 6) is 1.83. The Morgan fingerprint density at radius 2 is 2.10 bits per heavy atom. The number of hydrogen-bond donors (Lipinski definition) is 4. The third-order valence-electron chi connectivity index (χ3n) is 6.55. The summed E-state index contributed by atoms with van der Waals surface area (Å²) in [5, 5.41) is 14.3. The Balaban J connectivity index is 1.17. The highest BCUT2D eigenvalue weighted by molar-refractivity contribution is 6.31. The lowest BCUT2D eigenvalue weighted by atomic mass is 9.77. The summed E-state index contributed by atoms with van der Waals surface area (Å²) in [5.41, 5.74) is 2.51. The summed E-state index contributed by atoms with van der Waals surface area (Å²) < 4.78 is 0. The van der Waals surface area contributed by atoms with Gasteiger partial charge in [0.2, 0.25) is 0 Å². The normalized spacial score (nSPS) is 26.7. The van der Waals surface area contributed by atoms with Gasteiger partial charge in [-0.15, -0.1) is 0 Å². The number of likely N-dealkylation sites (tertiary alicyclic amines) is 1. The third kappa shape index (κ3) is 3.97. The van der Waals surface area contributed by atoms with Crippen molar-refractivity contribution in [1.82, 2.24) is 25.2 Å². The van der Waals surface area contributed by atoms with Crippen LogP contribution < -0.4 is 5.32 Å². The number of hydrogen-bond acceptors (Lipinski definition) is 4. The smallest absolute Gasteiger partial charge is 0.253 e. The monoisotopic (exact) mass is 427 g/mol. The Kier molecular flexibility index (Phi) is 5.26. The molecule has 5 rings (SSSR count). The highest BCUT2D eigenvalue weighted by Crippen LogP contribution is 2.36. The highest BCUT2D eigenvalue weighted by atomic mass is 35.5. The van der Waals surface area contributed by atoms with Crippen molar-refractivity contribution < 1.29 is 9.90 Å². The van der Waals surface area contributed by atoms with Crippen molar-refractivity contribution >= 4 is 28.5 Å². The van der Waals surface area contributed by atoms with Gasteiger partial charge in [0.15, 0.2) is 0 Å². The second-order valence-corrected chi connectivity index (χ2v) is 9.03. The molecule has 3 heterocycles. The van der Waals surface area contributed by atoms with Gasteiger partial charge in [-0.1, -0.05) is 11.6 Å². The van der Waals surface area contributed by atoms with E-state index in [0.717, 1.165) is 55.8 Å². The van der Waals surface area contributed by atoms with E-state index in [9.17, 15) is 9.90 Å². The van der Waals surface area contributed by atoms with Gasteiger partial charge in [-0.3, -0.25) is 4.79 Å². The summed E-state index contributed by atoms with van der Waals surface area (Å²) in [6.45, 7) is 2.92. The topological polar surface area (TPSA) is 97.0 Å². The Labute approximate surface area is 179 Å². The molecule has 1 aliphatic heterocycles. The van der Waals surface area contributed by atoms with Gasteiger partial charge in [0.25, 0.3) is 5.91 Å². The molecule has 8 heteroatoms. The zero-order valence-electron chi connectivity index (χ0n) is 16.6. The SMILES string of the molecule is O=C(N[C@H]1C[C@H]2CN(CCc3nc4ccc(Cl)cc4[nH]3)C[C@H]2C[C@@H]1O)c1cc[nH]c1. The van der Waals surface area contributed by atoms with Crippen LogP contribution in [0.4, 0.5) is 0 Å². The Bertz CT molecular complexity index is 1030. The van der Waals surface area contributed by atoms with Crippen LogP contribution in [0, 0.1) is 11.8 Å². The van der Waals surface area contributed by atoms with Gasteiger partial charge < -0.3 is 25.3 Å². The minimum Gasteiger partial charge on any atom is -0.391 e. The molecule has 7 nitrogen and oxygen atoms in total. The van der Waals surface area contributed by atoms with E-state index in [1.165, 1.54) is 0 Å². The predicted octanol–water partition coefficient (Wildman–Crippen LogP) is 2.59. The number of benzene rings is 1. The van der Waals surface area contributed by atoms with Crippen LogP contribution in [0.1, 0.15) is 29.0 Å². The van der Waals surface area contributed by atoms with Crippen molar-refractivity contribution in [3.8, 4) is 0 Å². The quantitative estimate of drug-likeness (QED) is 0.503. The maximum atomic E-state index is 12.4. The fourth-order valence-corrected chi connectivity index (χ4v) is 5.17. The molecule has 0 radical (unpaired) electrons. The van der Waals surface area contributed by atoms with E-state index in [1.54, 1.807) is 18.5 Å². The van der Waals surface area contributed by atoms with E-state index in [2.05, 4.69) is 25.2 Å². The molecule has 1 aromatic carbocycles. The van der Waals surface area contributed by atoms with Crippen LogP contribution in [0.5, 0.6) is 0 Å². The van der Waals surface area contributed by atoms with Crippen molar-refractivity contribution in [1.29, 1.82) is 0 Å². The van der Waals surface area contributed by atoms with Gasteiger partial charge in [-0.2, -0.15) is 0 Å². The summed E-state index contributed by atoms with van der Waals surface area (Å²) in [7, 11) is 0. The summed E-state index contributed by atoms with van der Waals surface area (Å²) in [4.78, 5) is 25.7. The number of aromatic amines is 2. The number of aliphatic hydroxyl groups excluding tert-OH is 1. The van der Waals surface area contributed by atoms with Crippen LogP contribution in [0.3, 0.4) is 0 Å². The maximum absolute atomic E-state index is 12.4. The maximum Gasteiger partial charge on any atom is 0.253 e. The Morgan fingerprint density at radius 1 is 1.27 bits per heavy atom. The first-order chi connectivity index (χ1) is 14.5. The number of aliphatic hydroxyl groups is 1. The van der Waals surface area contributed by atoms with Gasteiger partial charge in [-0.05, 0) is 48.9 Å². The van der Waals surface area contributed by atoms with Gasteiger partial charge >= 0.3 is 0 Å². The van der Waals surface area contributed by atoms with Crippen molar-refractivity contribution in [3.05, 3.63) is 53.1 Å². The number of fused-ring (bicyclic) bond motifs is 2. The fourth-order valence-electron chi connectivity index (χ4n) is 5.00. The van der Waals surface area contributed by atoms with Crippen LogP contribution in [-0.4, -0.2) is 62.6 Å². The number of nitrogens with one attached hydrogen (secondary N) is 3. The molecule has 1 amide bonds. The Hall–Kier alpha value is -2.35. The molecule has 3 aromatic rings. The summed E-state index contributed by atoms with van der Waals surface area (Å²) in [6, 6.07) is 7.26. The lowest BCUT2D eigenvalue weighted by Crippen LogP contribution is -2.49. The lowest BCUT2D eigenvalue weighted by molar-refractivity contribution is 0.0461. The highest BCUT2D eigenvalue weighted by Gasteiger charge is 2.42. The molecule has 0 unspecified atom stereocenters. The Morgan fingerprint density at radius 3 is 2.90 bits per heavy atom. The van der Waals surface area contributed by atoms with Crippen LogP contribution in [0.15, 0.2) is 36.7 Å². The molecule has 2 aromatic heterocycles. The first-order valence-corrected chi connectivity index (χ1v) is 10.9. The molecule has 4 atom stereocenters. The number of halogens is 1. The first kappa shape index (κ1) is 19.6. The number of rotatable bonds is 5. The second-order valence-electron chi connectivity index (χ2n) is 8.59. The molecule has 2 aliphatic rings. The summed E-state index contributed by atoms with van der Waals surface area (Å²) >= 11 is 6.06. The van der Waals surface area contributed by atoms with Gasteiger partial charge in [0.1, 0.15) is 5.82 Å². The largest absolute Gasteiger partial charge is 0.391 e. The fraction of sp³-hybridized carbons (Fsp3) is 0.455. The molecule has 1 saturated heterocycles. The first-order valence-electron chi connectivity index (χ1n) is 10.5. The molecule has 2 fully saturated rings. The molecular formula is C22H26ClN5O2. The van der Waals surface area contributed by atoms with Gasteiger partial charge in [-0.25, -0.2) is 4.98 Å². The number of H-pyrrole nitrogens is 2. The van der Waals surface area contributed by atoms with E-state index in [-0.39, 0.29) is 11.9 Å². The molecule has 1 saturated carbocycles. The number of carbonyl (C=O) groups is 1. The van der Waals surface area contributed by atoms with E-state index < -0.39 is 6.10 Å². The van der Waals surface area contributed by atoms with E-state index in [1.807, 2.05) is 18.2 Å². The van der Waals surface area contributed by atoms with Crippen LogP contribution >= 0.6 is 11.6 Å². The van der Waals surface area contributed by atoms with Crippen LogP contribution in [0.25, 0.3) is 11.0 Å². The van der Waals surface area contributed by atoms with Crippen molar-refractivity contribution in [2.24, 2.45) is 11.8 Å². The lowest BCUT2D eigenvalue weighted by Gasteiger charge is -2.35. The van der Waals surface area contributed by atoms with Crippen molar-refractivity contribution in [3.63, 3.8) is 0 Å². The number of imidazole rings is 1. The van der Waals surface area contributed by atoms with Crippen molar-refractivity contribution in [2.75, 3.05) is 19.6 Å². The van der Waals surface area contributed by atoms with E-state index in [0.29, 0.717) is 22.4 Å². The predicted molar refractivity (Wildman–Crippen MR) is 116 cm³/mol. The van der Waals surface area contributed by atoms with Gasteiger partial charge in [0, 0.05) is 43.5 Å². The zero-order chi connectivity index (χ0) is 20.7. The molecule has 4 N–H and O–H groups in total. The van der Waals surface area contributed by atoms with E-state index in [4.69, 9.17) is 11.6 Å². The van der Waals surface area contributed by atoms with Gasteiger partial charge in [0.05, 0.1) is 28.7 Å². The van der Waals surface area contributed by atoms with Crippen molar-refractivity contribution in [2.45, 2.75) is 31.4 Å². The number of amides is 1. The minimum absolute atomic E-state index is 0.126. The molecular weight excluding hydrogens is 402 g/mol. The second kappa shape index (κ2) is 8.06. The van der Waals surface area contributed by atoms with Crippen LogP contribution in [-0.2, 0) is 6.42 Å². The minimum atomic E-state index is -0.491. The third-order valence-corrected chi connectivity index (χ3v) is 6.79. The molecule has 30 heavy (non-hydrogen) atoms. The molecule has 0 bridgehead atoms. The molecule has 1 aliphatic carbocycles. The molecule has 158 valence electrons. The van der Waals surface area contributed by atoms with E-state index >= 15 is 0 Å². The summed E-state index contributed by atoms with van der Waals surface area (Å²) in [6.07, 6.45) is 5.32. The number of carbonyl (C=O) groups excluding carboxylic acids is 1. The zero-order valence-corrected chi connectivity index (χ0v) is 17.4. The standard InChI is InChI=1S/C22H26ClN5O2/c23-16-1-2-17-18(9-16)26-21(25-17)4-6-28-11-14-7-19(20(29)8-15(14)12-28)27-22(30)13-3-5-24-10-13/h1-3,5,9-10,14-15,19-20,24,29H,4,6-8,11-12H2,(H,25,26)(H,27,30)/t14-,15+,19-,20-/m0/s1. The molecule has 0 spiro atoms.